The van der Waals surface area contributed by atoms with Gasteiger partial charge in [0.25, 0.3) is 5.91 Å². The molecule has 1 heterocycles. The summed E-state index contributed by atoms with van der Waals surface area (Å²) < 4.78 is 67.2. The third-order valence-electron chi connectivity index (χ3n) is 8.52. The molecule has 0 aromatic heterocycles. The second-order valence-corrected chi connectivity index (χ2v) is 11.6. The lowest BCUT2D eigenvalue weighted by Crippen LogP contribution is -2.43. The van der Waals surface area contributed by atoms with Crippen molar-refractivity contribution in [1.82, 2.24) is 10.2 Å². The molecule has 0 bridgehead atoms. The summed E-state index contributed by atoms with van der Waals surface area (Å²) in [6.45, 7) is 3.53. The number of hydrogen-bond acceptors (Lipinski definition) is 5. The van der Waals surface area contributed by atoms with Crippen molar-refractivity contribution in [1.29, 1.82) is 0 Å². The van der Waals surface area contributed by atoms with Gasteiger partial charge in [-0.25, -0.2) is 9.18 Å². The van der Waals surface area contributed by atoms with E-state index in [2.05, 4.69) is 10.2 Å². The van der Waals surface area contributed by atoms with Gasteiger partial charge >= 0.3 is 12.1 Å². The highest BCUT2D eigenvalue weighted by Crippen LogP contribution is 2.43. The van der Waals surface area contributed by atoms with Gasteiger partial charge in [-0.05, 0) is 84.1 Å². The van der Waals surface area contributed by atoms with Gasteiger partial charge < -0.3 is 14.8 Å². The third kappa shape index (κ3) is 7.02. The lowest BCUT2D eigenvalue weighted by Gasteiger charge is -2.28. The molecule has 1 aliphatic heterocycles. The summed E-state index contributed by atoms with van der Waals surface area (Å²) >= 11 is 0. The third-order valence-corrected chi connectivity index (χ3v) is 8.52. The van der Waals surface area contributed by atoms with Crippen molar-refractivity contribution in [2.45, 2.75) is 51.4 Å². The predicted octanol–water partition coefficient (Wildman–Crippen LogP) is 7.48. The summed E-state index contributed by atoms with van der Waals surface area (Å²) in [5.74, 6) is -2.05. The molecule has 1 amide bonds. The van der Waals surface area contributed by atoms with E-state index in [0.717, 1.165) is 49.2 Å². The fourth-order valence-electron chi connectivity index (χ4n) is 6.26. The zero-order valence-electron chi connectivity index (χ0n) is 26.0. The fraction of sp³-hybridized carbons (Fsp3) is 0.333. The Morgan fingerprint density at radius 2 is 1.61 bits per heavy atom. The van der Waals surface area contributed by atoms with E-state index in [0.29, 0.717) is 34.4 Å². The minimum absolute atomic E-state index is 0.0253. The molecule has 1 saturated heterocycles. The number of methoxy groups -OCH3 is 2. The van der Waals surface area contributed by atoms with Gasteiger partial charge in [0.2, 0.25) is 0 Å². The van der Waals surface area contributed by atoms with Crippen LogP contribution in [0.3, 0.4) is 0 Å². The van der Waals surface area contributed by atoms with Crippen molar-refractivity contribution < 1.29 is 36.6 Å². The molecule has 1 fully saturated rings. The second kappa shape index (κ2) is 13.9. The van der Waals surface area contributed by atoms with Crippen molar-refractivity contribution in [2.24, 2.45) is 0 Å². The molecule has 1 aliphatic rings. The number of amides is 1. The molecule has 1 atom stereocenters. The SMILES string of the molecule is COC(=O)[C@H](Cc1cccc2c(-c3c(CN4CCCCC4)cc(C(F)(F)F)cc3OC)cccc12)NC(=O)c1c(C)cccc1F. The highest BCUT2D eigenvalue weighted by atomic mass is 19.4. The number of benzene rings is 4. The van der Waals surface area contributed by atoms with Gasteiger partial charge in [-0.3, -0.25) is 9.69 Å². The van der Waals surface area contributed by atoms with Gasteiger partial charge in [0.05, 0.1) is 25.3 Å². The van der Waals surface area contributed by atoms with Gasteiger partial charge in [0.1, 0.15) is 17.6 Å². The summed E-state index contributed by atoms with van der Waals surface area (Å²) in [5, 5.41) is 4.10. The Balaban J connectivity index is 1.58. The topological polar surface area (TPSA) is 67.9 Å². The first-order valence-electron chi connectivity index (χ1n) is 15.2. The molecule has 4 aromatic rings. The highest BCUT2D eigenvalue weighted by Gasteiger charge is 2.33. The smallest absolute Gasteiger partial charge is 0.416 e. The number of halogens is 4. The number of piperidine rings is 1. The predicted molar refractivity (Wildman–Crippen MR) is 168 cm³/mol. The molecule has 5 rings (SSSR count). The molecule has 10 heteroatoms. The van der Waals surface area contributed by atoms with Crippen LogP contribution in [0.4, 0.5) is 17.6 Å². The summed E-state index contributed by atoms with van der Waals surface area (Å²) in [5.41, 5.74) is 1.92. The van der Waals surface area contributed by atoms with Crippen LogP contribution in [-0.4, -0.2) is 50.1 Å². The number of nitrogens with one attached hydrogen (secondary N) is 1. The van der Waals surface area contributed by atoms with Crippen LogP contribution < -0.4 is 10.1 Å². The van der Waals surface area contributed by atoms with Gasteiger partial charge in [-0.1, -0.05) is 55.0 Å². The number of esters is 1. The second-order valence-electron chi connectivity index (χ2n) is 11.6. The van der Waals surface area contributed by atoms with Crippen LogP contribution in [0.25, 0.3) is 21.9 Å². The number of ether oxygens (including phenoxy) is 2. The summed E-state index contributed by atoms with van der Waals surface area (Å²) in [4.78, 5) is 28.2. The normalized spacial score (nSPS) is 14.6. The average Bonchev–Trinajstić information content (AvgIpc) is 3.03. The zero-order chi connectivity index (χ0) is 33.0. The van der Waals surface area contributed by atoms with E-state index in [9.17, 15) is 27.2 Å². The highest BCUT2D eigenvalue weighted by molar-refractivity contribution is 6.01. The maximum absolute atomic E-state index is 14.6. The number of carbonyl (C=O) groups excluding carboxylic acids is 2. The monoisotopic (exact) mass is 636 g/mol. The van der Waals surface area contributed by atoms with E-state index in [1.54, 1.807) is 31.2 Å². The maximum Gasteiger partial charge on any atom is 0.416 e. The first kappa shape index (κ1) is 32.9. The largest absolute Gasteiger partial charge is 0.496 e. The van der Waals surface area contributed by atoms with Gasteiger partial charge in [0, 0.05) is 18.5 Å². The number of fused-ring (bicyclic) bond motifs is 1. The minimum atomic E-state index is -4.55. The molecular formula is C36H36F4N2O4. The summed E-state index contributed by atoms with van der Waals surface area (Å²) in [6, 6.07) is 16.3. The van der Waals surface area contributed by atoms with Crippen LogP contribution in [0, 0.1) is 12.7 Å². The van der Waals surface area contributed by atoms with E-state index < -0.39 is 35.5 Å². The van der Waals surface area contributed by atoms with E-state index >= 15 is 0 Å². The van der Waals surface area contributed by atoms with Gasteiger partial charge in [-0.2, -0.15) is 13.2 Å². The van der Waals surface area contributed by atoms with Crippen molar-refractivity contribution in [2.75, 3.05) is 27.3 Å². The average molecular weight is 637 g/mol. The Hall–Kier alpha value is -4.44. The Morgan fingerprint density at radius 3 is 2.28 bits per heavy atom. The number of hydrogen-bond donors (Lipinski definition) is 1. The Morgan fingerprint density at radius 1 is 0.913 bits per heavy atom. The van der Waals surface area contributed by atoms with Gasteiger partial charge in [-0.15, -0.1) is 0 Å². The fourth-order valence-corrected chi connectivity index (χ4v) is 6.26. The number of nitrogens with zero attached hydrogens (tertiary/aromatic N) is 1. The van der Waals surface area contributed by atoms with Crippen molar-refractivity contribution in [3.63, 3.8) is 0 Å². The first-order chi connectivity index (χ1) is 22.0. The number of aryl methyl sites for hydroxylation is 1. The van der Waals surface area contributed by atoms with Crippen LogP contribution in [0.15, 0.2) is 66.7 Å². The molecule has 0 aliphatic carbocycles. The standard InChI is InChI=1S/C36H36F4N2O4/c1-22-10-7-15-29(37)32(22)34(43)41-30(35(44)46-3)19-23-11-8-13-27-26(23)12-9-14-28(27)33-24(21-42-16-5-4-6-17-42)18-25(36(38,39)40)20-31(33)45-2/h7-15,18,20,30H,4-6,16-17,19,21H2,1-3H3,(H,41,43)/t30-/m0/s1. The van der Waals surface area contributed by atoms with Crippen LogP contribution in [0.2, 0.25) is 0 Å². The van der Waals surface area contributed by atoms with E-state index in [-0.39, 0.29) is 17.7 Å². The first-order valence-corrected chi connectivity index (χ1v) is 15.2. The van der Waals surface area contributed by atoms with E-state index in [4.69, 9.17) is 9.47 Å². The molecule has 242 valence electrons. The molecule has 0 radical (unpaired) electrons. The zero-order valence-corrected chi connectivity index (χ0v) is 26.0. The van der Waals surface area contributed by atoms with Crippen molar-refractivity contribution in [3.8, 4) is 16.9 Å². The molecule has 0 unspecified atom stereocenters. The summed E-state index contributed by atoms with van der Waals surface area (Å²) in [6.07, 6.45) is -1.47. The van der Waals surface area contributed by atoms with Crippen LogP contribution in [0.5, 0.6) is 5.75 Å². The molecule has 4 aromatic carbocycles. The molecule has 46 heavy (non-hydrogen) atoms. The van der Waals surface area contributed by atoms with E-state index in [1.807, 2.05) is 18.2 Å². The van der Waals surface area contributed by atoms with Gasteiger partial charge in [0.15, 0.2) is 0 Å². The molecule has 0 saturated carbocycles. The lowest BCUT2D eigenvalue weighted by molar-refractivity contribution is -0.143. The number of alkyl halides is 3. The van der Waals surface area contributed by atoms with Crippen LogP contribution >= 0.6 is 0 Å². The lowest BCUT2D eigenvalue weighted by atomic mass is 9.89. The van der Waals surface area contributed by atoms with E-state index in [1.165, 1.54) is 32.4 Å². The van der Waals surface area contributed by atoms with Crippen LogP contribution in [-0.2, 0) is 28.7 Å². The molecule has 1 N–H and O–H groups in total. The number of likely N-dealkylation sites (tertiary alicyclic amines) is 1. The minimum Gasteiger partial charge on any atom is -0.496 e. The Labute approximate surface area is 265 Å². The maximum atomic E-state index is 14.6. The molecular weight excluding hydrogens is 600 g/mol. The van der Waals surface area contributed by atoms with Crippen LogP contribution in [0.1, 0.15) is 51.9 Å². The molecule has 0 spiro atoms. The Bertz CT molecular complexity index is 1730. The quantitative estimate of drug-likeness (QED) is 0.152. The summed E-state index contributed by atoms with van der Waals surface area (Å²) in [7, 11) is 2.57. The van der Waals surface area contributed by atoms with Crippen molar-refractivity contribution in [3.05, 3.63) is 100 Å². The Kier molecular flexibility index (Phi) is 9.96. The van der Waals surface area contributed by atoms with Crippen molar-refractivity contribution >= 4 is 22.6 Å². The number of rotatable bonds is 9. The number of carbonyl (C=O) groups is 2. The molecule has 6 nitrogen and oxygen atoms in total.